The van der Waals surface area contributed by atoms with Gasteiger partial charge in [-0.1, -0.05) is 29.3 Å². The van der Waals surface area contributed by atoms with Gasteiger partial charge in [0.15, 0.2) is 12.3 Å². The summed E-state index contributed by atoms with van der Waals surface area (Å²) in [4.78, 5) is 25.8. The van der Waals surface area contributed by atoms with Gasteiger partial charge in [-0.15, -0.1) is 0 Å². The van der Waals surface area contributed by atoms with E-state index in [9.17, 15) is 14.7 Å². The summed E-state index contributed by atoms with van der Waals surface area (Å²) in [7, 11) is 0. The number of aliphatic hydroxyl groups is 1. The highest BCUT2D eigenvalue weighted by Gasteiger charge is 2.31. The van der Waals surface area contributed by atoms with Crippen molar-refractivity contribution >= 4 is 52.2 Å². The lowest BCUT2D eigenvalue weighted by Gasteiger charge is -2.34. The van der Waals surface area contributed by atoms with Gasteiger partial charge >= 0.3 is 0 Å². The Bertz CT molecular complexity index is 928. The lowest BCUT2D eigenvalue weighted by atomic mass is 9.87. The van der Waals surface area contributed by atoms with Crippen LogP contribution in [0.5, 0.6) is 5.75 Å². The second-order valence-electron chi connectivity index (χ2n) is 6.79. The third-order valence-electron chi connectivity index (χ3n) is 5.05. The fourth-order valence-electron chi connectivity index (χ4n) is 3.52. The van der Waals surface area contributed by atoms with Gasteiger partial charge in [-0.05, 0) is 48.0 Å². The van der Waals surface area contributed by atoms with Crippen molar-refractivity contribution < 1.29 is 19.4 Å². The van der Waals surface area contributed by atoms with Gasteiger partial charge in [0.1, 0.15) is 15.1 Å². The number of halogens is 2. The van der Waals surface area contributed by atoms with Crippen molar-refractivity contribution in [3.8, 4) is 5.75 Å². The van der Waals surface area contributed by atoms with Gasteiger partial charge in [0.25, 0.3) is 11.8 Å². The molecule has 0 aliphatic carbocycles. The molecule has 1 fully saturated rings. The first kappa shape index (κ1) is 19.4. The van der Waals surface area contributed by atoms with Gasteiger partial charge < -0.3 is 20.1 Å². The number of ether oxygens (including phenoxy) is 1. The highest BCUT2D eigenvalue weighted by Crippen LogP contribution is 2.36. The number of piperidine rings is 1. The Balaban J connectivity index is 1.41. The monoisotopic (exact) mass is 441 g/mol. The topological polar surface area (TPSA) is 91.8 Å². The van der Waals surface area contributed by atoms with E-state index in [1.807, 2.05) is 0 Å². The maximum absolute atomic E-state index is 12.6. The number of aliphatic hydroxyl groups excluding tert-OH is 1. The Hall–Kier alpha value is -1.87. The number of fused-ring (bicyclic) bond motifs is 1. The SMILES string of the molecule is O=C1COc2ccc([C@H](O)C3CCN(C(=O)c4nsc(Cl)c4Cl)CC3)cc2N1. The van der Waals surface area contributed by atoms with Crippen LogP contribution < -0.4 is 10.1 Å². The molecular weight excluding hydrogens is 425 g/mol. The van der Waals surface area contributed by atoms with Crippen LogP contribution in [0.2, 0.25) is 9.36 Å². The molecule has 148 valence electrons. The average molecular weight is 442 g/mol. The second kappa shape index (κ2) is 7.87. The molecule has 1 atom stereocenters. The van der Waals surface area contributed by atoms with E-state index in [2.05, 4.69) is 9.69 Å². The minimum absolute atomic E-state index is 0.00296. The van der Waals surface area contributed by atoms with Crippen LogP contribution >= 0.6 is 34.7 Å². The Morgan fingerprint density at radius 3 is 2.79 bits per heavy atom. The summed E-state index contributed by atoms with van der Waals surface area (Å²) in [5.41, 5.74) is 1.46. The molecule has 2 N–H and O–H groups in total. The van der Waals surface area contributed by atoms with Gasteiger partial charge in [0.2, 0.25) is 0 Å². The van der Waals surface area contributed by atoms with Gasteiger partial charge in [0, 0.05) is 13.1 Å². The van der Waals surface area contributed by atoms with Crippen LogP contribution in [0, 0.1) is 5.92 Å². The van der Waals surface area contributed by atoms with E-state index in [0.717, 1.165) is 11.5 Å². The molecule has 10 heteroatoms. The number of carbonyl (C=O) groups excluding carboxylic acids is 2. The lowest BCUT2D eigenvalue weighted by molar-refractivity contribution is -0.118. The molecule has 3 heterocycles. The zero-order chi connectivity index (χ0) is 19.8. The summed E-state index contributed by atoms with van der Waals surface area (Å²) in [6, 6.07) is 5.29. The molecule has 2 aromatic rings. The molecule has 0 saturated carbocycles. The summed E-state index contributed by atoms with van der Waals surface area (Å²) in [5, 5.41) is 13.7. The molecule has 0 radical (unpaired) electrons. The van der Waals surface area contributed by atoms with Crippen LogP contribution in [0.3, 0.4) is 0 Å². The number of amides is 2. The number of likely N-dealkylation sites (tertiary alicyclic amines) is 1. The molecule has 2 amide bonds. The molecule has 1 aromatic heterocycles. The van der Waals surface area contributed by atoms with E-state index >= 15 is 0 Å². The number of rotatable bonds is 3. The molecule has 2 aliphatic rings. The van der Waals surface area contributed by atoms with Gasteiger partial charge in [0.05, 0.1) is 11.8 Å². The van der Waals surface area contributed by atoms with E-state index in [1.165, 1.54) is 0 Å². The summed E-state index contributed by atoms with van der Waals surface area (Å²) < 4.78 is 9.68. The van der Waals surface area contributed by atoms with Crippen molar-refractivity contribution in [3.63, 3.8) is 0 Å². The van der Waals surface area contributed by atoms with Crippen LogP contribution in [0.1, 0.15) is 35.0 Å². The number of hydrogen-bond donors (Lipinski definition) is 2. The molecule has 0 unspecified atom stereocenters. The van der Waals surface area contributed by atoms with Crippen LogP contribution in [0.15, 0.2) is 18.2 Å². The minimum atomic E-state index is -0.696. The predicted molar refractivity (Wildman–Crippen MR) is 106 cm³/mol. The maximum atomic E-state index is 12.6. The largest absolute Gasteiger partial charge is 0.482 e. The molecule has 1 aromatic carbocycles. The van der Waals surface area contributed by atoms with E-state index in [1.54, 1.807) is 23.1 Å². The Morgan fingerprint density at radius 2 is 2.11 bits per heavy atom. The number of anilines is 1. The fourth-order valence-corrected chi connectivity index (χ4v) is 4.50. The van der Waals surface area contributed by atoms with E-state index in [0.29, 0.717) is 47.3 Å². The van der Waals surface area contributed by atoms with Gasteiger partial charge in [-0.3, -0.25) is 9.59 Å². The first-order valence-electron chi connectivity index (χ1n) is 8.78. The fraction of sp³-hybridized carbons (Fsp3) is 0.389. The third kappa shape index (κ3) is 3.69. The van der Waals surface area contributed by atoms with Crippen molar-refractivity contribution in [1.29, 1.82) is 0 Å². The molecule has 4 rings (SSSR count). The third-order valence-corrected chi connectivity index (χ3v) is 6.66. The number of nitrogens with one attached hydrogen (secondary N) is 1. The Labute approximate surface area is 175 Å². The zero-order valence-electron chi connectivity index (χ0n) is 14.7. The molecule has 28 heavy (non-hydrogen) atoms. The minimum Gasteiger partial charge on any atom is -0.482 e. The lowest BCUT2D eigenvalue weighted by Crippen LogP contribution is -2.40. The number of aromatic nitrogens is 1. The maximum Gasteiger partial charge on any atom is 0.275 e. The first-order valence-corrected chi connectivity index (χ1v) is 10.3. The van der Waals surface area contributed by atoms with Crippen molar-refractivity contribution in [3.05, 3.63) is 38.8 Å². The van der Waals surface area contributed by atoms with Gasteiger partial charge in [-0.25, -0.2) is 0 Å². The normalized spacial score (nSPS) is 18.2. The summed E-state index contributed by atoms with van der Waals surface area (Å²) in [6.07, 6.45) is 0.587. The standard InChI is InChI=1S/C18H17Cl2N3O4S/c19-14-15(22-28-17(14)20)18(26)23-5-3-9(4-6-23)16(25)10-1-2-12-11(7-10)21-13(24)8-27-12/h1-2,7,9,16,25H,3-6,8H2,(H,21,24)/t16-/m1/s1. The van der Waals surface area contributed by atoms with Crippen molar-refractivity contribution in [2.45, 2.75) is 18.9 Å². The number of nitrogens with zero attached hydrogens (tertiary/aromatic N) is 2. The van der Waals surface area contributed by atoms with E-state index < -0.39 is 6.10 Å². The number of benzene rings is 1. The number of carbonyl (C=O) groups is 2. The van der Waals surface area contributed by atoms with Crippen molar-refractivity contribution in [2.24, 2.45) is 5.92 Å². The summed E-state index contributed by atoms with van der Waals surface area (Å²) in [6.45, 7) is 0.989. The van der Waals surface area contributed by atoms with Crippen LogP contribution in [-0.2, 0) is 4.79 Å². The van der Waals surface area contributed by atoms with Crippen molar-refractivity contribution in [2.75, 3.05) is 25.0 Å². The predicted octanol–water partition coefficient (Wildman–Crippen LogP) is 3.37. The number of hydrogen-bond acceptors (Lipinski definition) is 6. The van der Waals surface area contributed by atoms with E-state index in [4.69, 9.17) is 27.9 Å². The molecule has 2 aliphatic heterocycles. The highest BCUT2D eigenvalue weighted by molar-refractivity contribution is 7.11. The average Bonchev–Trinajstić information content (AvgIpc) is 3.05. The summed E-state index contributed by atoms with van der Waals surface area (Å²) in [5.74, 6) is 0.132. The Morgan fingerprint density at radius 1 is 1.36 bits per heavy atom. The van der Waals surface area contributed by atoms with Crippen LogP contribution in [-0.4, -0.2) is 45.9 Å². The van der Waals surface area contributed by atoms with Crippen molar-refractivity contribution in [1.82, 2.24) is 9.27 Å². The smallest absolute Gasteiger partial charge is 0.275 e. The van der Waals surface area contributed by atoms with Crippen LogP contribution in [0.4, 0.5) is 5.69 Å². The quantitative estimate of drug-likeness (QED) is 0.761. The molecular formula is C18H17Cl2N3O4S. The molecule has 7 nitrogen and oxygen atoms in total. The van der Waals surface area contributed by atoms with Crippen LogP contribution in [0.25, 0.3) is 0 Å². The molecule has 0 bridgehead atoms. The van der Waals surface area contributed by atoms with E-state index in [-0.39, 0.29) is 35.1 Å². The Kier molecular flexibility index (Phi) is 5.46. The molecule has 1 saturated heterocycles. The zero-order valence-corrected chi connectivity index (χ0v) is 17.0. The second-order valence-corrected chi connectivity index (χ2v) is 8.54. The first-order chi connectivity index (χ1) is 13.4. The van der Waals surface area contributed by atoms with Gasteiger partial charge in [-0.2, -0.15) is 4.37 Å². The molecule has 0 spiro atoms. The summed E-state index contributed by atoms with van der Waals surface area (Å²) >= 11 is 12.9. The highest BCUT2D eigenvalue weighted by atomic mass is 35.5.